The van der Waals surface area contributed by atoms with Gasteiger partial charge in [0.05, 0.1) is 0 Å². The van der Waals surface area contributed by atoms with E-state index in [-0.39, 0.29) is 11.6 Å². The second kappa shape index (κ2) is 9.06. The third-order valence-corrected chi connectivity index (χ3v) is 6.06. The van der Waals surface area contributed by atoms with E-state index in [1.165, 1.54) is 11.0 Å². The van der Waals surface area contributed by atoms with Crippen LogP contribution in [0.15, 0.2) is 52.5 Å². The number of carbonyl (C=O) groups excluding carboxylic acids is 3. The third kappa shape index (κ3) is 4.71. The van der Waals surface area contributed by atoms with Crippen LogP contribution in [-0.2, 0) is 16.2 Å². The van der Waals surface area contributed by atoms with Crippen molar-refractivity contribution in [3.63, 3.8) is 0 Å². The van der Waals surface area contributed by atoms with E-state index in [0.29, 0.717) is 17.9 Å². The highest BCUT2D eigenvalue weighted by atomic mass is 79.9. The first-order chi connectivity index (χ1) is 14.9. The lowest BCUT2D eigenvalue weighted by atomic mass is 10.0. The van der Waals surface area contributed by atoms with Gasteiger partial charge in [-0.2, -0.15) is 0 Å². The van der Waals surface area contributed by atoms with Crippen LogP contribution in [0.5, 0.6) is 5.75 Å². The molecule has 0 spiro atoms. The Morgan fingerprint density at radius 3 is 2.65 bits per heavy atom. The molecule has 0 radical (unpaired) electrons. The molecular weight excluding hydrogens is 460 g/mol. The smallest absolute Gasteiger partial charge is 0.331 e. The van der Waals surface area contributed by atoms with Gasteiger partial charge in [-0.15, -0.1) is 0 Å². The van der Waals surface area contributed by atoms with E-state index in [9.17, 15) is 14.4 Å². The largest absolute Gasteiger partial charge is 0.488 e. The molecule has 1 saturated carbocycles. The maximum Gasteiger partial charge on any atom is 0.331 e. The minimum absolute atomic E-state index is 0.0648. The molecule has 1 aliphatic carbocycles. The van der Waals surface area contributed by atoms with Gasteiger partial charge in [-0.3, -0.25) is 19.8 Å². The van der Waals surface area contributed by atoms with Crippen molar-refractivity contribution in [2.75, 3.05) is 0 Å². The zero-order valence-electron chi connectivity index (χ0n) is 17.2. The Kier molecular flexibility index (Phi) is 6.23. The summed E-state index contributed by atoms with van der Waals surface area (Å²) < 4.78 is 6.79. The van der Waals surface area contributed by atoms with Crippen molar-refractivity contribution in [3.05, 3.63) is 69.2 Å². The van der Waals surface area contributed by atoms with Crippen molar-refractivity contribution in [2.24, 2.45) is 0 Å². The van der Waals surface area contributed by atoms with E-state index in [1.807, 2.05) is 37.3 Å². The fourth-order valence-corrected chi connectivity index (χ4v) is 4.43. The Bertz CT molecular complexity index is 1070. The molecular formula is C24H23BrN2O4. The fraction of sp³-hybridized carbons (Fsp3) is 0.292. The molecule has 7 heteroatoms. The highest BCUT2D eigenvalue weighted by Crippen LogP contribution is 2.30. The number of nitrogens with one attached hydrogen (secondary N) is 1. The summed E-state index contributed by atoms with van der Waals surface area (Å²) in [6.07, 6.45) is 4.97. The molecule has 1 N–H and O–H groups in total. The second-order valence-electron chi connectivity index (χ2n) is 7.89. The summed E-state index contributed by atoms with van der Waals surface area (Å²) >= 11 is 3.44. The maximum atomic E-state index is 13.1. The molecule has 0 unspecified atom stereocenters. The summed E-state index contributed by atoms with van der Waals surface area (Å²) in [6, 6.07) is 12.6. The number of hydrogen-bond donors (Lipinski definition) is 1. The van der Waals surface area contributed by atoms with E-state index < -0.39 is 17.8 Å². The normalized spacial score (nSPS) is 18.6. The summed E-state index contributed by atoms with van der Waals surface area (Å²) in [4.78, 5) is 39.1. The van der Waals surface area contributed by atoms with E-state index >= 15 is 0 Å². The maximum absolute atomic E-state index is 13.1. The van der Waals surface area contributed by atoms with Crippen molar-refractivity contribution in [1.29, 1.82) is 0 Å². The number of carbonyl (C=O) groups is 3. The standard InChI is InChI=1S/C24H23BrN2O4/c1-15-5-4-6-16(11-15)14-31-21-10-9-18(25)12-17(21)13-20-22(28)26-24(30)27(23(20)29)19-7-2-3-8-19/h4-6,9-13,19H,2-3,7-8,14H2,1H3,(H,26,28,30)/b20-13+. The highest BCUT2D eigenvalue weighted by molar-refractivity contribution is 9.10. The van der Waals surface area contributed by atoms with Crippen molar-refractivity contribution >= 4 is 39.9 Å². The van der Waals surface area contributed by atoms with Gasteiger partial charge in [-0.05, 0) is 49.6 Å². The van der Waals surface area contributed by atoms with Gasteiger partial charge in [-0.1, -0.05) is 58.6 Å². The van der Waals surface area contributed by atoms with Crippen LogP contribution < -0.4 is 10.1 Å². The van der Waals surface area contributed by atoms with Crippen molar-refractivity contribution in [2.45, 2.75) is 45.3 Å². The number of imide groups is 2. The van der Waals surface area contributed by atoms with Crippen LogP contribution in [0.1, 0.15) is 42.4 Å². The lowest BCUT2D eigenvalue weighted by Crippen LogP contribution is -2.57. The summed E-state index contributed by atoms with van der Waals surface area (Å²) in [7, 11) is 0. The molecule has 4 rings (SSSR count). The molecule has 2 aromatic carbocycles. The van der Waals surface area contributed by atoms with Gasteiger partial charge in [0.25, 0.3) is 11.8 Å². The number of hydrogen-bond acceptors (Lipinski definition) is 4. The molecule has 0 atom stereocenters. The molecule has 1 saturated heterocycles. The molecule has 2 fully saturated rings. The molecule has 1 aliphatic heterocycles. The topological polar surface area (TPSA) is 75.7 Å². The summed E-state index contributed by atoms with van der Waals surface area (Å²) in [5.41, 5.74) is 2.68. The van der Waals surface area contributed by atoms with Crippen LogP contribution in [0.2, 0.25) is 0 Å². The minimum Gasteiger partial charge on any atom is -0.488 e. The van der Waals surface area contributed by atoms with Crippen LogP contribution in [0.25, 0.3) is 6.08 Å². The predicted molar refractivity (Wildman–Crippen MR) is 120 cm³/mol. The highest BCUT2D eigenvalue weighted by Gasteiger charge is 2.40. The zero-order chi connectivity index (χ0) is 22.0. The summed E-state index contributed by atoms with van der Waals surface area (Å²) in [6.45, 7) is 2.37. The Balaban J connectivity index is 1.63. The van der Waals surface area contributed by atoms with Gasteiger partial charge in [-0.25, -0.2) is 4.79 Å². The molecule has 2 aliphatic rings. The second-order valence-corrected chi connectivity index (χ2v) is 8.81. The Hall–Kier alpha value is -2.93. The lowest BCUT2D eigenvalue weighted by molar-refractivity contribution is -0.131. The van der Waals surface area contributed by atoms with E-state index in [0.717, 1.165) is 41.3 Å². The van der Waals surface area contributed by atoms with E-state index in [1.54, 1.807) is 12.1 Å². The molecule has 6 nitrogen and oxygen atoms in total. The molecule has 160 valence electrons. The molecule has 1 heterocycles. The SMILES string of the molecule is Cc1cccc(COc2ccc(Br)cc2/C=C2\C(=O)NC(=O)N(C3CCCC3)C2=O)c1. The van der Waals surface area contributed by atoms with Gasteiger partial charge in [0, 0.05) is 16.1 Å². The van der Waals surface area contributed by atoms with Gasteiger partial charge in [0.2, 0.25) is 0 Å². The number of ether oxygens (including phenoxy) is 1. The monoisotopic (exact) mass is 482 g/mol. The lowest BCUT2D eigenvalue weighted by Gasteiger charge is -2.31. The molecule has 4 amide bonds. The average Bonchev–Trinajstić information content (AvgIpc) is 3.24. The number of barbiturate groups is 1. The van der Waals surface area contributed by atoms with Gasteiger partial charge < -0.3 is 4.74 Å². The Morgan fingerprint density at radius 2 is 1.90 bits per heavy atom. The summed E-state index contributed by atoms with van der Waals surface area (Å²) in [5, 5.41) is 2.31. The van der Waals surface area contributed by atoms with Gasteiger partial charge >= 0.3 is 6.03 Å². The van der Waals surface area contributed by atoms with E-state index in [2.05, 4.69) is 21.2 Å². The fourth-order valence-electron chi connectivity index (χ4n) is 4.05. The van der Waals surface area contributed by atoms with Crippen molar-refractivity contribution < 1.29 is 19.1 Å². The van der Waals surface area contributed by atoms with Gasteiger partial charge in [0.1, 0.15) is 17.9 Å². The number of halogens is 1. The number of aryl methyl sites for hydroxylation is 1. The first-order valence-electron chi connectivity index (χ1n) is 10.3. The van der Waals surface area contributed by atoms with Crippen LogP contribution in [0.4, 0.5) is 4.79 Å². The minimum atomic E-state index is -0.686. The molecule has 31 heavy (non-hydrogen) atoms. The molecule has 0 bridgehead atoms. The molecule has 0 aromatic heterocycles. The number of urea groups is 1. The van der Waals surface area contributed by atoms with Crippen LogP contribution in [0, 0.1) is 6.92 Å². The number of benzene rings is 2. The number of rotatable bonds is 5. The average molecular weight is 483 g/mol. The zero-order valence-corrected chi connectivity index (χ0v) is 18.8. The van der Waals surface area contributed by atoms with Gasteiger partial charge in [0.15, 0.2) is 0 Å². The Morgan fingerprint density at radius 1 is 1.13 bits per heavy atom. The quantitative estimate of drug-likeness (QED) is 0.493. The third-order valence-electron chi connectivity index (χ3n) is 5.57. The molecule has 2 aromatic rings. The summed E-state index contributed by atoms with van der Waals surface area (Å²) in [5.74, 6) is -0.693. The first-order valence-corrected chi connectivity index (χ1v) is 11.1. The number of nitrogens with zero attached hydrogens (tertiary/aromatic N) is 1. The van der Waals surface area contributed by atoms with Crippen LogP contribution in [-0.4, -0.2) is 28.8 Å². The number of amides is 4. The van der Waals surface area contributed by atoms with Crippen LogP contribution >= 0.6 is 15.9 Å². The first kappa shape index (κ1) is 21.3. The Labute approximate surface area is 189 Å². The van der Waals surface area contributed by atoms with E-state index in [4.69, 9.17) is 4.74 Å². The van der Waals surface area contributed by atoms with Crippen molar-refractivity contribution in [3.8, 4) is 5.75 Å². The predicted octanol–water partition coefficient (Wildman–Crippen LogP) is 4.74. The van der Waals surface area contributed by atoms with Crippen LogP contribution in [0.3, 0.4) is 0 Å². The van der Waals surface area contributed by atoms with Crippen molar-refractivity contribution in [1.82, 2.24) is 10.2 Å².